The van der Waals surface area contributed by atoms with Gasteiger partial charge in [0, 0.05) is 22.6 Å². The van der Waals surface area contributed by atoms with E-state index < -0.39 is 0 Å². The molecule has 1 unspecified atom stereocenters. The standard InChI is InChI=1S/C24H29N3O4/c1-5-26(16-24(29)25-19-8-10-20(30-4)11-9-19)15-23(28)22-13-17(2)27(18(22)3)14-21-7-6-12-31-21/h6-13H,5,14-16H2,1-4H3,(H,25,29)/p+1. The molecule has 0 saturated heterocycles. The number of carbonyl (C=O) groups is 2. The summed E-state index contributed by atoms with van der Waals surface area (Å²) in [6.07, 6.45) is 1.65. The van der Waals surface area contributed by atoms with Gasteiger partial charge >= 0.3 is 0 Å². The zero-order chi connectivity index (χ0) is 22.4. The van der Waals surface area contributed by atoms with Gasteiger partial charge in [-0.15, -0.1) is 0 Å². The van der Waals surface area contributed by atoms with E-state index in [9.17, 15) is 9.59 Å². The largest absolute Gasteiger partial charge is 0.497 e. The maximum atomic E-state index is 13.0. The number of rotatable bonds is 10. The van der Waals surface area contributed by atoms with Gasteiger partial charge in [0.25, 0.3) is 5.91 Å². The van der Waals surface area contributed by atoms with Gasteiger partial charge in [-0.05, 0) is 63.2 Å². The van der Waals surface area contributed by atoms with Crippen LogP contribution in [0, 0.1) is 13.8 Å². The molecule has 0 aliphatic rings. The fraction of sp³-hybridized carbons (Fsp3) is 0.333. The molecule has 7 nitrogen and oxygen atoms in total. The van der Waals surface area contributed by atoms with E-state index in [-0.39, 0.29) is 24.8 Å². The molecule has 0 aliphatic heterocycles. The van der Waals surface area contributed by atoms with Crippen molar-refractivity contribution < 1.29 is 23.6 Å². The Morgan fingerprint density at radius 3 is 2.48 bits per heavy atom. The molecular formula is C24H30N3O4+. The number of hydrogen-bond donors (Lipinski definition) is 2. The molecule has 0 radical (unpaired) electrons. The van der Waals surface area contributed by atoms with Crippen molar-refractivity contribution in [3.8, 4) is 5.75 Å². The second-order valence-electron chi connectivity index (χ2n) is 7.61. The number of benzene rings is 1. The molecule has 0 bridgehead atoms. The lowest BCUT2D eigenvalue weighted by Gasteiger charge is -2.17. The number of anilines is 1. The van der Waals surface area contributed by atoms with Crippen molar-refractivity contribution in [1.29, 1.82) is 0 Å². The van der Waals surface area contributed by atoms with Crippen LogP contribution in [-0.2, 0) is 11.3 Å². The molecule has 0 fully saturated rings. The van der Waals surface area contributed by atoms with Crippen LogP contribution in [0.3, 0.4) is 0 Å². The monoisotopic (exact) mass is 424 g/mol. The number of nitrogens with zero attached hydrogens (tertiary/aromatic N) is 1. The molecule has 2 aromatic heterocycles. The van der Waals surface area contributed by atoms with Gasteiger partial charge in [-0.1, -0.05) is 0 Å². The van der Waals surface area contributed by atoms with Crippen molar-refractivity contribution in [3.05, 3.63) is 71.4 Å². The molecule has 31 heavy (non-hydrogen) atoms. The van der Waals surface area contributed by atoms with E-state index in [1.807, 2.05) is 39.0 Å². The SMILES string of the molecule is CC[NH+](CC(=O)Nc1ccc(OC)cc1)CC(=O)c1cc(C)n(Cc2ccco2)c1C. The van der Waals surface area contributed by atoms with Crippen LogP contribution in [0.5, 0.6) is 5.75 Å². The molecule has 0 saturated carbocycles. The molecule has 164 valence electrons. The summed E-state index contributed by atoms with van der Waals surface area (Å²) in [5.41, 5.74) is 3.32. The predicted molar refractivity (Wildman–Crippen MR) is 119 cm³/mol. The number of quaternary nitrogens is 1. The Morgan fingerprint density at radius 2 is 1.87 bits per heavy atom. The highest BCUT2D eigenvalue weighted by atomic mass is 16.5. The zero-order valence-corrected chi connectivity index (χ0v) is 18.5. The van der Waals surface area contributed by atoms with Crippen LogP contribution in [-0.4, -0.2) is 43.0 Å². The number of ketones is 1. The molecule has 1 atom stereocenters. The van der Waals surface area contributed by atoms with Gasteiger partial charge in [0.2, 0.25) is 5.78 Å². The first-order chi connectivity index (χ1) is 14.9. The average Bonchev–Trinajstić information content (AvgIpc) is 3.37. The number of aromatic nitrogens is 1. The van der Waals surface area contributed by atoms with Crippen molar-refractivity contribution in [2.75, 3.05) is 32.1 Å². The summed E-state index contributed by atoms with van der Waals surface area (Å²) in [5, 5.41) is 2.88. The van der Waals surface area contributed by atoms with Crippen LogP contribution in [0.15, 0.2) is 53.1 Å². The number of hydrogen-bond acceptors (Lipinski definition) is 4. The van der Waals surface area contributed by atoms with Crippen molar-refractivity contribution in [1.82, 2.24) is 4.57 Å². The molecule has 2 N–H and O–H groups in total. The number of likely N-dealkylation sites (N-methyl/N-ethyl adjacent to an activating group) is 1. The molecule has 3 aromatic rings. The van der Waals surface area contributed by atoms with Crippen LogP contribution in [0.25, 0.3) is 0 Å². The first kappa shape index (κ1) is 22.4. The average molecular weight is 425 g/mol. The molecule has 1 aromatic carbocycles. The molecule has 0 aliphatic carbocycles. The van der Waals surface area contributed by atoms with Gasteiger partial charge in [0.05, 0.1) is 26.5 Å². The fourth-order valence-corrected chi connectivity index (χ4v) is 3.63. The highest BCUT2D eigenvalue weighted by molar-refractivity contribution is 5.98. The third kappa shape index (κ3) is 5.64. The van der Waals surface area contributed by atoms with E-state index in [0.717, 1.165) is 27.8 Å². The Balaban J connectivity index is 1.62. The predicted octanol–water partition coefficient (Wildman–Crippen LogP) is 2.48. The smallest absolute Gasteiger partial charge is 0.279 e. The van der Waals surface area contributed by atoms with E-state index in [1.165, 1.54) is 0 Å². The van der Waals surface area contributed by atoms with Gasteiger partial charge in [-0.2, -0.15) is 0 Å². The summed E-state index contributed by atoms with van der Waals surface area (Å²) >= 11 is 0. The van der Waals surface area contributed by atoms with Crippen LogP contribution >= 0.6 is 0 Å². The second-order valence-corrected chi connectivity index (χ2v) is 7.61. The lowest BCUT2D eigenvalue weighted by Crippen LogP contribution is -3.13. The quantitative estimate of drug-likeness (QED) is 0.490. The summed E-state index contributed by atoms with van der Waals surface area (Å²) in [7, 11) is 1.60. The third-order valence-electron chi connectivity index (χ3n) is 5.46. The molecule has 7 heteroatoms. The zero-order valence-electron chi connectivity index (χ0n) is 18.5. The van der Waals surface area contributed by atoms with Crippen LogP contribution in [0.1, 0.15) is 34.4 Å². The van der Waals surface area contributed by atoms with Crippen LogP contribution < -0.4 is 15.0 Å². The van der Waals surface area contributed by atoms with E-state index in [1.54, 1.807) is 37.6 Å². The minimum atomic E-state index is -0.127. The highest BCUT2D eigenvalue weighted by Gasteiger charge is 2.22. The maximum Gasteiger partial charge on any atom is 0.279 e. The molecular weight excluding hydrogens is 394 g/mol. The Hall–Kier alpha value is -3.32. The van der Waals surface area contributed by atoms with Gasteiger partial charge in [-0.3, -0.25) is 9.59 Å². The number of ether oxygens (including phenoxy) is 1. The minimum absolute atomic E-state index is 0.0351. The molecule has 2 heterocycles. The Kier molecular flexibility index (Phi) is 7.31. The Bertz CT molecular complexity index is 1020. The third-order valence-corrected chi connectivity index (χ3v) is 5.46. The second kappa shape index (κ2) is 10.1. The topological polar surface area (TPSA) is 77.9 Å². The summed E-state index contributed by atoms with van der Waals surface area (Å²) in [4.78, 5) is 26.4. The van der Waals surface area contributed by atoms with E-state index in [4.69, 9.17) is 9.15 Å². The number of furan rings is 1. The lowest BCUT2D eigenvalue weighted by molar-refractivity contribution is -0.881. The summed E-state index contributed by atoms with van der Waals surface area (Å²) < 4.78 is 12.7. The van der Waals surface area contributed by atoms with Crippen LogP contribution in [0.2, 0.25) is 0 Å². The van der Waals surface area contributed by atoms with Gasteiger partial charge < -0.3 is 23.9 Å². The van der Waals surface area contributed by atoms with Crippen molar-refractivity contribution in [2.45, 2.75) is 27.3 Å². The Morgan fingerprint density at radius 1 is 1.13 bits per heavy atom. The molecule has 1 amide bonds. The molecule has 0 spiro atoms. The normalized spacial score (nSPS) is 11.9. The first-order valence-corrected chi connectivity index (χ1v) is 10.4. The fourth-order valence-electron chi connectivity index (χ4n) is 3.63. The van der Waals surface area contributed by atoms with Crippen molar-refractivity contribution in [3.63, 3.8) is 0 Å². The lowest BCUT2D eigenvalue weighted by atomic mass is 10.1. The number of amides is 1. The minimum Gasteiger partial charge on any atom is -0.497 e. The number of carbonyl (C=O) groups excluding carboxylic acids is 2. The van der Waals surface area contributed by atoms with Crippen molar-refractivity contribution in [2.24, 2.45) is 0 Å². The van der Waals surface area contributed by atoms with Crippen LogP contribution in [0.4, 0.5) is 5.69 Å². The summed E-state index contributed by atoms with van der Waals surface area (Å²) in [5.74, 6) is 1.48. The number of methoxy groups -OCH3 is 1. The van der Waals surface area contributed by atoms with E-state index >= 15 is 0 Å². The van der Waals surface area contributed by atoms with Gasteiger partial charge in [-0.25, -0.2) is 0 Å². The Labute approximate surface area is 182 Å². The van der Waals surface area contributed by atoms with Gasteiger partial charge in [0.15, 0.2) is 6.54 Å². The first-order valence-electron chi connectivity index (χ1n) is 10.4. The summed E-state index contributed by atoms with van der Waals surface area (Å²) in [6.45, 7) is 7.66. The number of aryl methyl sites for hydroxylation is 1. The summed E-state index contributed by atoms with van der Waals surface area (Å²) in [6, 6.07) is 12.9. The molecule has 3 rings (SSSR count). The van der Waals surface area contributed by atoms with Gasteiger partial charge in [0.1, 0.15) is 18.1 Å². The highest BCUT2D eigenvalue weighted by Crippen LogP contribution is 2.18. The van der Waals surface area contributed by atoms with E-state index in [2.05, 4.69) is 9.88 Å². The number of nitrogens with one attached hydrogen (secondary N) is 2. The maximum absolute atomic E-state index is 13.0. The van der Waals surface area contributed by atoms with E-state index in [0.29, 0.717) is 24.3 Å². The number of Topliss-reactive ketones (excluding diaryl/α,β-unsaturated/α-hetero) is 1. The van der Waals surface area contributed by atoms with Crippen molar-refractivity contribution >= 4 is 17.4 Å².